The SMILES string of the molecule is Cc1nc(Nc2ccncc2)ccc1N. The Balaban J connectivity index is 2.22. The van der Waals surface area contributed by atoms with Crippen LogP contribution in [0.1, 0.15) is 5.69 Å². The second kappa shape index (κ2) is 3.96. The first kappa shape index (κ1) is 9.45. The summed E-state index contributed by atoms with van der Waals surface area (Å²) in [5.74, 6) is 0.785. The number of nitrogens with two attached hydrogens (primary N) is 1. The van der Waals surface area contributed by atoms with Crippen molar-refractivity contribution in [2.24, 2.45) is 0 Å². The Hall–Kier alpha value is -2.10. The number of nitrogens with one attached hydrogen (secondary N) is 1. The molecule has 0 fully saturated rings. The molecule has 4 heteroatoms. The molecular formula is C11H12N4. The smallest absolute Gasteiger partial charge is 0.130 e. The second-order valence-electron chi connectivity index (χ2n) is 3.23. The number of pyridine rings is 2. The zero-order valence-corrected chi connectivity index (χ0v) is 8.44. The molecule has 0 unspecified atom stereocenters. The molecule has 0 bridgehead atoms. The Morgan fingerprint density at radius 1 is 1.13 bits per heavy atom. The van der Waals surface area contributed by atoms with Gasteiger partial charge in [-0.05, 0) is 31.2 Å². The van der Waals surface area contributed by atoms with Gasteiger partial charge in [0.25, 0.3) is 0 Å². The van der Waals surface area contributed by atoms with Crippen molar-refractivity contribution in [1.29, 1.82) is 0 Å². The monoisotopic (exact) mass is 200 g/mol. The average molecular weight is 200 g/mol. The molecule has 15 heavy (non-hydrogen) atoms. The molecule has 0 aliphatic rings. The predicted octanol–water partition coefficient (Wildman–Crippen LogP) is 2.11. The van der Waals surface area contributed by atoms with E-state index in [9.17, 15) is 0 Å². The molecule has 0 saturated heterocycles. The van der Waals surface area contributed by atoms with Gasteiger partial charge in [0.05, 0.1) is 11.4 Å². The maximum absolute atomic E-state index is 5.68. The lowest BCUT2D eigenvalue weighted by molar-refractivity contribution is 1.20. The van der Waals surface area contributed by atoms with E-state index in [-0.39, 0.29) is 0 Å². The number of rotatable bonds is 2. The van der Waals surface area contributed by atoms with E-state index in [4.69, 9.17) is 5.73 Å². The van der Waals surface area contributed by atoms with E-state index in [0.717, 1.165) is 17.2 Å². The maximum atomic E-state index is 5.68. The van der Waals surface area contributed by atoms with Crippen LogP contribution in [-0.4, -0.2) is 9.97 Å². The molecule has 0 aliphatic carbocycles. The van der Waals surface area contributed by atoms with Crippen LogP contribution in [0, 0.1) is 6.92 Å². The summed E-state index contributed by atoms with van der Waals surface area (Å²) in [7, 11) is 0. The van der Waals surface area contributed by atoms with Crippen molar-refractivity contribution in [2.45, 2.75) is 6.92 Å². The number of nitrogen functional groups attached to an aromatic ring is 1. The Bertz CT molecular complexity index is 453. The van der Waals surface area contributed by atoms with E-state index in [1.54, 1.807) is 12.4 Å². The highest BCUT2D eigenvalue weighted by molar-refractivity contribution is 5.58. The third-order valence-electron chi connectivity index (χ3n) is 2.08. The molecule has 0 aromatic carbocycles. The summed E-state index contributed by atoms with van der Waals surface area (Å²) in [6, 6.07) is 7.45. The van der Waals surface area contributed by atoms with Crippen LogP contribution in [0.3, 0.4) is 0 Å². The van der Waals surface area contributed by atoms with Gasteiger partial charge in [0.2, 0.25) is 0 Å². The summed E-state index contributed by atoms with van der Waals surface area (Å²) in [6.45, 7) is 1.88. The highest BCUT2D eigenvalue weighted by Crippen LogP contribution is 2.16. The lowest BCUT2D eigenvalue weighted by Gasteiger charge is -2.06. The quantitative estimate of drug-likeness (QED) is 0.779. The van der Waals surface area contributed by atoms with Crippen LogP contribution in [0.2, 0.25) is 0 Å². The van der Waals surface area contributed by atoms with Crippen LogP contribution in [0.15, 0.2) is 36.7 Å². The van der Waals surface area contributed by atoms with Crippen molar-refractivity contribution < 1.29 is 0 Å². The van der Waals surface area contributed by atoms with Gasteiger partial charge in [0.15, 0.2) is 0 Å². The van der Waals surface area contributed by atoms with Crippen LogP contribution in [0.4, 0.5) is 17.2 Å². The van der Waals surface area contributed by atoms with Crippen molar-refractivity contribution >= 4 is 17.2 Å². The van der Waals surface area contributed by atoms with Gasteiger partial charge < -0.3 is 11.1 Å². The molecule has 0 saturated carbocycles. The molecule has 0 atom stereocenters. The summed E-state index contributed by atoms with van der Waals surface area (Å²) < 4.78 is 0. The molecule has 4 nitrogen and oxygen atoms in total. The van der Waals surface area contributed by atoms with E-state index in [2.05, 4.69) is 15.3 Å². The average Bonchev–Trinajstić information content (AvgIpc) is 2.25. The van der Waals surface area contributed by atoms with E-state index in [0.29, 0.717) is 5.69 Å². The number of hydrogen-bond donors (Lipinski definition) is 2. The Labute approximate surface area is 88.2 Å². The van der Waals surface area contributed by atoms with Crippen LogP contribution < -0.4 is 11.1 Å². The zero-order valence-electron chi connectivity index (χ0n) is 8.44. The molecule has 2 aromatic rings. The lowest BCUT2D eigenvalue weighted by atomic mass is 10.3. The molecular weight excluding hydrogens is 188 g/mol. The van der Waals surface area contributed by atoms with Crippen molar-refractivity contribution in [1.82, 2.24) is 9.97 Å². The maximum Gasteiger partial charge on any atom is 0.130 e. The molecule has 0 radical (unpaired) electrons. The summed E-state index contributed by atoms with van der Waals surface area (Å²) in [5.41, 5.74) is 8.17. The lowest BCUT2D eigenvalue weighted by Crippen LogP contribution is -1.98. The Morgan fingerprint density at radius 2 is 1.87 bits per heavy atom. The number of anilines is 3. The van der Waals surface area contributed by atoms with Crippen molar-refractivity contribution in [3.05, 3.63) is 42.4 Å². The van der Waals surface area contributed by atoms with Gasteiger partial charge >= 0.3 is 0 Å². The van der Waals surface area contributed by atoms with E-state index >= 15 is 0 Å². The normalized spacial score (nSPS) is 9.93. The van der Waals surface area contributed by atoms with Gasteiger partial charge in [-0.15, -0.1) is 0 Å². The fraction of sp³-hybridized carbons (Fsp3) is 0.0909. The van der Waals surface area contributed by atoms with Gasteiger partial charge in [0, 0.05) is 18.1 Å². The fourth-order valence-electron chi connectivity index (χ4n) is 1.22. The zero-order chi connectivity index (χ0) is 10.7. The van der Waals surface area contributed by atoms with Crippen LogP contribution in [0.5, 0.6) is 0 Å². The Morgan fingerprint density at radius 3 is 2.53 bits per heavy atom. The largest absolute Gasteiger partial charge is 0.397 e. The number of aromatic nitrogens is 2. The standard InChI is InChI=1S/C11H12N4/c1-8-10(12)2-3-11(14-8)15-9-4-6-13-7-5-9/h2-7H,12H2,1H3,(H,13,14,15). The second-order valence-corrected chi connectivity index (χ2v) is 3.23. The third-order valence-corrected chi connectivity index (χ3v) is 2.08. The van der Waals surface area contributed by atoms with Crippen molar-refractivity contribution in [3.8, 4) is 0 Å². The van der Waals surface area contributed by atoms with Gasteiger partial charge in [-0.1, -0.05) is 0 Å². The third kappa shape index (κ3) is 2.22. The first-order chi connectivity index (χ1) is 7.25. The molecule has 3 N–H and O–H groups in total. The van der Waals surface area contributed by atoms with Crippen LogP contribution in [0.25, 0.3) is 0 Å². The minimum absolute atomic E-state index is 0.704. The Kier molecular flexibility index (Phi) is 2.49. The first-order valence-electron chi connectivity index (χ1n) is 4.66. The molecule has 2 rings (SSSR count). The summed E-state index contributed by atoms with van der Waals surface area (Å²) in [6.07, 6.45) is 3.46. The van der Waals surface area contributed by atoms with E-state index in [1.165, 1.54) is 0 Å². The van der Waals surface area contributed by atoms with E-state index in [1.807, 2.05) is 31.2 Å². The number of nitrogens with zero attached hydrogens (tertiary/aromatic N) is 2. The summed E-state index contributed by atoms with van der Waals surface area (Å²) in [4.78, 5) is 8.25. The minimum atomic E-state index is 0.704. The van der Waals surface area contributed by atoms with Gasteiger partial charge in [-0.3, -0.25) is 4.98 Å². The fourth-order valence-corrected chi connectivity index (χ4v) is 1.22. The molecule has 0 amide bonds. The molecule has 2 heterocycles. The summed E-state index contributed by atoms with van der Waals surface area (Å²) >= 11 is 0. The van der Waals surface area contributed by atoms with Gasteiger partial charge in [-0.2, -0.15) is 0 Å². The molecule has 2 aromatic heterocycles. The number of aryl methyl sites for hydroxylation is 1. The minimum Gasteiger partial charge on any atom is -0.397 e. The van der Waals surface area contributed by atoms with Crippen LogP contribution in [-0.2, 0) is 0 Å². The van der Waals surface area contributed by atoms with E-state index < -0.39 is 0 Å². The highest BCUT2D eigenvalue weighted by atomic mass is 15.0. The van der Waals surface area contributed by atoms with Gasteiger partial charge in [-0.25, -0.2) is 4.98 Å². The summed E-state index contributed by atoms with van der Waals surface area (Å²) in [5, 5.41) is 3.17. The predicted molar refractivity (Wildman–Crippen MR) is 60.9 cm³/mol. The highest BCUT2D eigenvalue weighted by Gasteiger charge is 1.98. The molecule has 76 valence electrons. The van der Waals surface area contributed by atoms with Crippen molar-refractivity contribution in [2.75, 3.05) is 11.1 Å². The topological polar surface area (TPSA) is 63.8 Å². The number of hydrogen-bond acceptors (Lipinski definition) is 4. The first-order valence-corrected chi connectivity index (χ1v) is 4.66. The van der Waals surface area contributed by atoms with Crippen LogP contribution >= 0.6 is 0 Å². The van der Waals surface area contributed by atoms with Crippen molar-refractivity contribution in [3.63, 3.8) is 0 Å². The van der Waals surface area contributed by atoms with Gasteiger partial charge in [0.1, 0.15) is 5.82 Å². The molecule has 0 aliphatic heterocycles. The molecule has 0 spiro atoms.